The minimum Gasteiger partial charge on any atom is -0.469 e. The van der Waals surface area contributed by atoms with E-state index in [1.165, 1.54) is 25.6 Å². The second-order valence-corrected chi connectivity index (χ2v) is 9.58. The predicted molar refractivity (Wildman–Crippen MR) is 137 cm³/mol. The zero-order valence-corrected chi connectivity index (χ0v) is 21.2. The molecular formula is C27H29N3O4S. The Morgan fingerprint density at radius 1 is 1.03 bits per heavy atom. The minimum absolute atomic E-state index is 0.396. The lowest BCUT2D eigenvalue weighted by atomic mass is 9.71. The van der Waals surface area contributed by atoms with Crippen molar-refractivity contribution in [1.82, 2.24) is 10.3 Å². The molecule has 35 heavy (non-hydrogen) atoms. The Balaban J connectivity index is 1.80. The molecule has 1 aromatic heterocycles. The molecule has 0 fully saturated rings. The number of anilines is 1. The summed E-state index contributed by atoms with van der Waals surface area (Å²) in [6.45, 7) is 5.75. The molecule has 1 aliphatic heterocycles. The van der Waals surface area contributed by atoms with Gasteiger partial charge in [-0.05, 0) is 31.9 Å². The molecule has 0 aliphatic carbocycles. The van der Waals surface area contributed by atoms with E-state index in [1.807, 2.05) is 80.7 Å². The van der Waals surface area contributed by atoms with Crippen molar-refractivity contribution in [3.8, 4) is 11.3 Å². The molecule has 7 nitrogen and oxygen atoms in total. The van der Waals surface area contributed by atoms with Crippen LogP contribution < -0.4 is 10.6 Å². The first kappa shape index (κ1) is 24.5. The summed E-state index contributed by atoms with van der Waals surface area (Å²) in [4.78, 5) is 31.0. The van der Waals surface area contributed by atoms with E-state index in [0.29, 0.717) is 16.4 Å². The van der Waals surface area contributed by atoms with Crippen molar-refractivity contribution in [1.29, 1.82) is 0 Å². The molecule has 0 bridgehead atoms. The van der Waals surface area contributed by atoms with E-state index in [9.17, 15) is 9.59 Å². The van der Waals surface area contributed by atoms with Crippen LogP contribution in [-0.4, -0.2) is 36.8 Å². The summed E-state index contributed by atoms with van der Waals surface area (Å²) in [5.41, 5.74) is 3.86. The first-order valence-electron chi connectivity index (χ1n) is 11.3. The first-order chi connectivity index (χ1) is 16.8. The van der Waals surface area contributed by atoms with Crippen LogP contribution >= 0.6 is 11.3 Å². The summed E-state index contributed by atoms with van der Waals surface area (Å²) in [5.74, 6) is -2.33. The fourth-order valence-corrected chi connectivity index (χ4v) is 5.65. The molecule has 3 aromatic rings. The van der Waals surface area contributed by atoms with Gasteiger partial charge in [-0.2, -0.15) is 0 Å². The molecule has 0 amide bonds. The smallest absolute Gasteiger partial charge is 0.336 e. The molecule has 2 N–H and O–H groups in total. The summed E-state index contributed by atoms with van der Waals surface area (Å²) >= 11 is 1.45. The van der Waals surface area contributed by atoms with Crippen LogP contribution in [0, 0.1) is 12.8 Å². The normalized spacial score (nSPS) is 21.7. The van der Waals surface area contributed by atoms with Crippen molar-refractivity contribution in [2.45, 2.75) is 32.4 Å². The number of ether oxygens (including phenoxy) is 2. The third kappa shape index (κ3) is 4.66. The van der Waals surface area contributed by atoms with Gasteiger partial charge < -0.3 is 20.1 Å². The van der Waals surface area contributed by atoms with E-state index in [1.54, 1.807) is 0 Å². The second kappa shape index (κ2) is 9.92. The lowest BCUT2D eigenvalue weighted by Gasteiger charge is -2.46. The molecule has 8 heteroatoms. The van der Waals surface area contributed by atoms with E-state index in [4.69, 9.17) is 14.5 Å². The number of thiazole rings is 1. The molecule has 4 rings (SSSR count). The molecule has 0 saturated carbocycles. The summed E-state index contributed by atoms with van der Waals surface area (Å²) in [6.07, 6.45) is 0. The molecule has 2 heterocycles. The van der Waals surface area contributed by atoms with Crippen LogP contribution in [0.3, 0.4) is 0 Å². The number of carbonyl (C=O) groups excluding carboxylic acids is 2. The average molecular weight is 492 g/mol. The quantitative estimate of drug-likeness (QED) is 0.476. The second-order valence-electron chi connectivity index (χ2n) is 8.72. The largest absolute Gasteiger partial charge is 0.469 e. The van der Waals surface area contributed by atoms with Crippen LogP contribution in [0.2, 0.25) is 0 Å². The standard InChI is InChI=1S/C27H29N3O4S/c1-16-11-9-10-14-19(16)20-15-35-26(28-20)30-27(3)23(25(32)34-5)22(18-12-7-6-8-13-18)21(17(2)29-27)24(31)33-4/h6-15,22-23,29H,1-5H3,(H,28,30). The minimum atomic E-state index is -1.00. The molecule has 0 saturated heterocycles. The van der Waals surface area contributed by atoms with Crippen LogP contribution in [0.1, 0.15) is 30.9 Å². The summed E-state index contributed by atoms with van der Waals surface area (Å²) < 4.78 is 10.4. The number of allylic oxidation sites excluding steroid dienone is 1. The molecule has 3 unspecified atom stereocenters. The van der Waals surface area contributed by atoms with Crippen molar-refractivity contribution in [2.75, 3.05) is 19.5 Å². The topological polar surface area (TPSA) is 89.5 Å². The molecule has 0 spiro atoms. The maximum Gasteiger partial charge on any atom is 0.336 e. The van der Waals surface area contributed by atoms with Gasteiger partial charge in [0, 0.05) is 22.6 Å². The lowest BCUT2D eigenvalue weighted by Crippen LogP contribution is -2.62. The van der Waals surface area contributed by atoms with Gasteiger partial charge in [0.15, 0.2) is 5.13 Å². The Hall–Kier alpha value is -3.65. The van der Waals surface area contributed by atoms with Gasteiger partial charge in [-0.25, -0.2) is 9.78 Å². The fraction of sp³-hybridized carbons (Fsp3) is 0.296. The van der Waals surface area contributed by atoms with Gasteiger partial charge in [0.1, 0.15) is 11.6 Å². The predicted octanol–water partition coefficient (Wildman–Crippen LogP) is 4.87. The molecular weight excluding hydrogens is 462 g/mol. The molecule has 1 aliphatic rings. The number of nitrogens with one attached hydrogen (secondary N) is 2. The third-order valence-corrected chi connectivity index (χ3v) is 7.19. The fourth-order valence-electron chi connectivity index (χ4n) is 4.82. The Bertz CT molecular complexity index is 1270. The Morgan fingerprint density at radius 3 is 2.37 bits per heavy atom. The van der Waals surface area contributed by atoms with Crippen molar-refractivity contribution in [3.63, 3.8) is 0 Å². The molecule has 0 radical (unpaired) electrons. The number of aromatic nitrogens is 1. The number of aryl methyl sites for hydroxylation is 1. The number of hydrogen-bond donors (Lipinski definition) is 2. The number of rotatable bonds is 6. The van der Waals surface area contributed by atoms with Gasteiger partial charge in [0.2, 0.25) is 0 Å². The van der Waals surface area contributed by atoms with Crippen molar-refractivity contribution in [2.24, 2.45) is 5.92 Å². The molecule has 3 atom stereocenters. The lowest BCUT2D eigenvalue weighted by molar-refractivity contribution is -0.149. The number of esters is 2. The average Bonchev–Trinajstić information content (AvgIpc) is 3.31. The highest BCUT2D eigenvalue weighted by Gasteiger charge is 2.52. The van der Waals surface area contributed by atoms with Crippen LogP contribution in [0.15, 0.2) is 71.2 Å². The van der Waals surface area contributed by atoms with E-state index in [2.05, 4.69) is 10.6 Å². The zero-order valence-electron chi connectivity index (χ0n) is 20.4. The summed E-state index contributed by atoms with van der Waals surface area (Å²) in [6, 6.07) is 17.5. The number of nitrogens with zero attached hydrogens (tertiary/aromatic N) is 1. The van der Waals surface area contributed by atoms with Crippen LogP contribution in [0.4, 0.5) is 5.13 Å². The maximum absolute atomic E-state index is 13.3. The zero-order chi connectivity index (χ0) is 25.2. The van der Waals surface area contributed by atoms with Crippen molar-refractivity contribution in [3.05, 3.63) is 82.4 Å². The Kier molecular flexibility index (Phi) is 6.93. The van der Waals surface area contributed by atoms with Gasteiger partial charge in [-0.1, -0.05) is 54.6 Å². The molecule has 2 aromatic carbocycles. The van der Waals surface area contributed by atoms with Crippen LogP contribution in [-0.2, 0) is 19.1 Å². The molecule has 182 valence electrons. The number of hydrogen-bond acceptors (Lipinski definition) is 8. The number of methoxy groups -OCH3 is 2. The van der Waals surface area contributed by atoms with E-state index < -0.39 is 29.4 Å². The SMILES string of the molecule is COC(=O)C1=C(C)NC(C)(Nc2nc(-c3ccccc3C)cs2)C(C(=O)OC)C1c1ccccc1. The van der Waals surface area contributed by atoms with Gasteiger partial charge >= 0.3 is 11.9 Å². The third-order valence-electron chi connectivity index (χ3n) is 6.43. The Morgan fingerprint density at radius 2 is 1.71 bits per heavy atom. The summed E-state index contributed by atoms with van der Waals surface area (Å²) in [7, 11) is 2.69. The van der Waals surface area contributed by atoms with Crippen LogP contribution in [0.5, 0.6) is 0 Å². The highest BCUT2D eigenvalue weighted by atomic mass is 32.1. The Labute approximate surface area is 209 Å². The first-order valence-corrected chi connectivity index (χ1v) is 12.2. The number of benzene rings is 2. The van der Waals surface area contributed by atoms with Gasteiger partial charge in [-0.3, -0.25) is 4.79 Å². The summed E-state index contributed by atoms with van der Waals surface area (Å²) in [5, 5.41) is 9.45. The van der Waals surface area contributed by atoms with Gasteiger partial charge in [0.25, 0.3) is 0 Å². The van der Waals surface area contributed by atoms with E-state index in [0.717, 1.165) is 22.4 Å². The van der Waals surface area contributed by atoms with Crippen molar-refractivity contribution < 1.29 is 19.1 Å². The van der Waals surface area contributed by atoms with E-state index >= 15 is 0 Å². The van der Waals surface area contributed by atoms with Gasteiger partial charge in [-0.15, -0.1) is 11.3 Å². The highest BCUT2D eigenvalue weighted by molar-refractivity contribution is 7.14. The van der Waals surface area contributed by atoms with E-state index in [-0.39, 0.29) is 0 Å². The maximum atomic E-state index is 13.3. The van der Waals surface area contributed by atoms with Crippen molar-refractivity contribution >= 4 is 28.4 Å². The highest BCUT2D eigenvalue weighted by Crippen LogP contribution is 2.45. The van der Waals surface area contributed by atoms with Crippen LogP contribution in [0.25, 0.3) is 11.3 Å². The monoisotopic (exact) mass is 491 g/mol. The van der Waals surface area contributed by atoms with Gasteiger partial charge in [0.05, 0.1) is 25.5 Å². The number of carbonyl (C=O) groups is 2.